The normalized spacial score (nSPS) is 12.6. The first-order chi connectivity index (χ1) is 18.0. The maximum Gasteiger partial charge on any atom is 0.252 e. The second-order valence-electron chi connectivity index (χ2n) is 8.58. The van der Waals surface area contributed by atoms with Gasteiger partial charge in [-0.25, -0.2) is 9.37 Å². The van der Waals surface area contributed by atoms with E-state index in [2.05, 4.69) is 20.6 Å². The van der Waals surface area contributed by atoms with Crippen LogP contribution in [0.15, 0.2) is 103 Å². The number of hydrogen-bond acceptors (Lipinski definition) is 6. The fourth-order valence-electron chi connectivity index (χ4n) is 4.22. The first-order valence-electron chi connectivity index (χ1n) is 11.7. The average molecular weight is 493 g/mol. The lowest BCUT2D eigenvalue weighted by atomic mass is 9.94. The number of amides is 1. The van der Waals surface area contributed by atoms with Crippen LogP contribution in [0.5, 0.6) is 0 Å². The minimum absolute atomic E-state index is 0.0600. The van der Waals surface area contributed by atoms with E-state index in [0.29, 0.717) is 5.69 Å². The van der Waals surface area contributed by atoms with Gasteiger partial charge in [0.25, 0.3) is 5.91 Å². The second-order valence-corrected chi connectivity index (χ2v) is 8.58. The van der Waals surface area contributed by atoms with Crippen LogP contribution in [0.2, 0.25) is 0 Å². The van der Waals surface area contributed by atoms with Crippen molar-refractivity contribution >= 4 is 34.1 Å². The fraction of sp³-hybridized carbons (Fsp3) is 0.0690. The molecule has 8 heteroatoms. The molecule has 2 atom stereocenters. The maximum atomic E-state index is 15.3. The third-order valence-electron chi connectivity index (χ3n) is 6.10. The molecule has 0 fully saturated rings. The van der Waals surface area contributed by atoms with Crippen LogP contribution in [0, 0.1) is 5.82 Å². The lowest BCUT2D eigenvalue weighted by Gasteiger charge is -2.27. The minimum Gasteiger partial charge on any atom is -0.365 e. The van der Waals surface area contributed by atoms with Crippen LogP contribution in [0.25, 0.3) is 10.9 Å². The Kier molecular flexibility index (Phi) is 6.74. The summed E-state index contributed by atoms with van der Waals surface area (Å²) >= 11 is 0. The fourth-order valence-corrected chi connectivity index (χ4v) is 4.22. The number of carbonyl (C=O) groups excluding carboxylic acids is 1. The van der Waals surface area contributed by atoms with Crippen molar-refractivity contribution in [3.05, 3.63) is 126 Å². The number of aromatic nitrogens is 2. The number of benzene rings is 3. The molecule has 1 amide bonds. The third-order valence-corrected chi connectivity index (χ3v) is 6.10. The van der Waals surface area contributed by atoms with E-state index in [9.17, 15) is 4.79 Å². The summed E-state index contributed by atoms with van der Waals surface area (Å²) in [6, 6.07) is 28.4. The number of pyridine rings is 2. The van der Waals surface area contributed by atoms with Gasteiger partial charge in [-0.05, 0) is 41.5 Å². The number of rotatable bonds is 8. The largest absolute Gasteiger partial charge is 0.365 e. The topological polar surface area (TPSA) is 119 Å². The molecule has 6 N–H and O–H groups in total. The molecule has 0 aliphatic heterocycles. The molecule has 7 nitrogen and oxygen atoms in total. The lowest BCUT2D eigenvalue weighted by Crippen LogP contribution is -2.27. The zero-order valence-electron chi connectivity index (χ0n) is 19.8. The summed E-state index contributed by atoms with van der Waals surface area (Å²) in [4.78, 5) is 20.9. The molecule has 0 bridgehead atoms. The number of carbonyl (C=O) groups is 1. The molecule has 0 unspecified atom stereocenters. The second kappa shape index (κ2) is 10.4. The molecule has 0 aliphatic rings. The van der Waals surface area contributed by atoms with Crippen molar-refractivity contribution in [1.82, 2.24) is 9.97 Å². The molecule has 0 saturated heterocycles. The van der Waals surface area contributed by atoms with E-state index in [0.717, 1.165) is 28.1 Å². The van der Waals surface area contributed by atoms with Crippen LogP contribution in [-0.4, -0.2) is 15.9 Å². The zero-order chi connectivity index (χ0) is 25.8. The standard InChI is InChI=1S/C29H25FN6O/c30-23-17-22(27(32)37)28(34-21-13-14-24-20(16-21)12-7-15-33-24)36-29(23)35-26(19-10-5-2-6-11-19)25(31)18-8-3-1-4-9-18/h1-17,25-26H,31H2,(H2,32,37)(H2,34,35,36)/t25-,26+/m1/s1. The first kappa shape index (κ1) is 23.9. The summed E-state index contributed by atoms with van der Waals surface area (Å²) in [6.45, 7) is 0. The summed E-state index contributed by atoms with van der Waals surface area (Å²) in [7, 11) is 0. The van der Waals surface area contributed by atoms with Gasteiger partial charge in [-0.1, -0.05) is 66.7 Å². The van der Waals surface area contributed by atoms with E-state index in [1.54, 1.807) is 12.3 Å². The number of fused-ring (bicyclic) bond motifs is 1. The molecule has 0 spiro atoms. The van der Waals surface area contributed by atoms with Crippen molar-refractivity contribution in [2.75, 3.05) is 10.6 Å². The number of hydrogen-bond donors (Lipinski definition) is 4. The molecular formula is C29H25FN6O. The predicted octanol–water partition coefficient (Wildman–Crippen LogP) is 5.46. The summed E-state index contributed by atoms with van der Waals surface area (Å²) in [5, 5.41) is 7.18. The van der Waals surface area contributed by atoms with Gasteiger partial charge in [0, 0.05) is 17.3 Å². The smallest absolute Gasteiger partial charge is 0.252 e. The monoisotopic (exact) mass is 492 g/mol. The van der Waals surface area contributed by atoms with Crippen molar-refractivity contribution in [2.24, 2.45) is 11.5 Å². The van der Waals surface area contributed by atoms with Gasteiger partial charge >= 0.3 is 0 Å². The van der Waals surface area contributed by atoms with Crippen molar-refractivity contribution in [2.45, 2.75) is 12.1 Å². The van der Waals surface area contributed by atoms with Gasteiger partial charge < -0.3 is 22.1 Å². The number of nitrogens with zero attached hydrogens (tertiary/aromatic N) is 2. The van der Waals surface area contributed by atoms with Gasteiger partial charge in [0.05, 0.1) is 23.2 Å². The van der Waals surface area contributed by atoms with Crippen LogP contribution in [0.4, 0.5) is 21.7 Å². The number of nitrogens with two attached hydrogens (primary N) is 2. The van der Waals surface area contributed by atoms with Gasteiger partial charge in [0.15, 0.2) is 11.6 Å². The van der Waals surface area contributed by atoms with Gasteiger partial charge in [0.1, 0.15) is 5.82 Å². The maximum absolute atomic E-state index is 15.3. The van der Waals surface area contributed by atoms with Crippen LogP contribution >= 0.6 is 0 Å². The number of primary amides is 1. The van der Waals surface area contributed by atoms with Crippen LogP contribution < -0.4 is 22.1 Å². The SMILES string of the molecule is NC(=O)c1cc(F)c(N[C@@H](c2ccccc2)[C@H](N)c2ccccc2)nc1Nc1ccc2ncccc2c1. The highest BCUT2D eigenvalue weighted by Crippen LogP contribution is 2.32. The average Bonchev–Trinajstić information content (AvgIpc) is 2.93. The number of nitrogens with one attached hydrogen (secondary N) is 2. The predicted molar refractivity (Wildman–Crippen MR) is 144 cm³/mol. The van der Waals surface area contributed by atoms with Crippen LogP contribution in [0.1, 0.15) is 33.6 Å². The van der Waals surface area contributed by atoms with E-state index in [1.807, 2.05) is 84.9 Å². The molecule has 2 heterocycles. The van der Waals surface area contributed by atoms with Gasteiger partial charge in [-0.2, -0.15) is 0 Å². The molecule has 2 aromatic heterocycles. The van der Waals surface area contributed by atoms with E-state index in [-0.39, 0.29) is 17.2 Å². The summed E-state index contributed by atoms with van der Waals surface area (Å²) in [6.07, 6.45) is 1.71. The highest BCUT2D eigenvalue weighted by atomic mass is 19.1. The minimum atomic E-state index is -0.802. The Morgan fingerprint density at radius 2 is 1.54 bits per heavy atom. The summed E-state index contributed by atoms with van der Waals surface area (Å²) in [5.74, 6) is -1.46. The number of anilines is 3. The Balaban J connectivity index is 1.53. The highest BCUT2D eigenvalue weighted by Gasteiger charge is 2.25. The Morgan fingerprint density at radius 3 is 2.24 bits per heavy atom. The van der Waals surface area contributed by atoms with E-state index >= 15 is 4.39 Å². The van der Waals surface area contributed by atoms with E-state index in [4.69, 9.17) is 11.5 Å². The molecule has 0 saturated carbocycles. The Labute approximate surface area is 213 Å². The Bertz CT molecular complexity index is 1540. The summed E-state index contributed by atoms with van der Waals surface area (Å²) < 4.78 is 15.3. The molecule has 0 radical (unpaired) electrons. The van der Waals surface area contributed by atoms with Gasteiger partial charge in [-0.15, -0.1) is 0 Å². The van der Waals surface area contributed by atoms with Crippen molar-refractivity contribution < 1.29 is 9.18 Å². The zero-order valence-corrected chi connectivity index (χ0v) is 19.8. The Morgan fingerprint density at radius 1 is 0.838 bits per heavy atom. The first-order valence-corrected chi connectivity index (χ1v) is 11.7. The van der Waals surface area contributed by atoms with Crippen molar-refractivity contribution in [3.8, 4) is 0 Å². The Hall–Kier alpha value is -4.82. The molecule has 5 aromatic rings. The molecule has 184 valence electrons. The van der Waals surface area contributed by atoms with Crippen LogP contribution in [-0.2, 0) is 0 Å². The van der Waals surface area contributed by atoms with Gasteiger partial charge in [-0.3, -0.25) is 9.78 Å². The van der Waals surface area contributed by atoms with Crippen LogP contribution in [0.3, 0.4) is 0 Å². The van der Waals surface area contributed by atoms with Crippen molar-refractivity contribution in [1.29, 1.82) is 0 Å². The molecule has 0 aliphatic carbocycles. The lowest BCUT2D eigenvalue weighted by molar-refractivity contribution is 0.100. The quantitative estimate of drug-likeness (QED) is 0.228. The molecular weight excluding hydrogens is 467 g/mol. The molecule has 5 rings (SSSR count). The molecule has 37 heavy (non-hydrogen) atoms. The van der Waals surface area contributed by atoms with E-state index < -0.39 is 23.8 Å². The molecule has 3 aromatic carbocycles. The van der Waals surface area contributed by atoms with Crippen molar-refractivity contribution in [3.63, 3.8) is 0 Å². The third kappa shape index (κ3) is 5.24. The highest BCUT2D eigenvalue weighted by molar-refractivity contribution is 5.99. The van der Waals surface area contributed by atoms with E-state index in [1.165, 1.54) is 0 Å². The summed E-state index contributed by atoms with van der Waals surface area (Å²) in [5.41, 5.74) is 15.3. The number of halogens is 1. The van der Waals surface area contributed by atoms with Gasteiger partial charge in [0.2, 0.25) is 0 Å².